The number of hydrogen-bond donors (Lipinski definition) is 3. The van der Waals surface area contributed by atoms with Crippen molar-refractivity contribution < 1.29 is 19.1 Å². The lowest BCUT2D eigenvalue weighted by Crippen LogP contribution is -2.36. The third-order valence-corrected chi connectivity index (χ3v) is 5.28. The van der Waals surface area contributed by atoms with E-state index in [0.717, 1.165) is 17.0 Å². The van der Waals surface area contributed by atoms with Gasteiger partial charge in [0.2, 0.25) is 0 Å². The van der Waals surface area contributed by atoms with Crippen LogP contribution in [0.4, 0.5) is 15.1 Å². The molecule has 0 bridgehead atoms. The number of anilines is 2. The molecule has 4 N–H and O–H groups in total. The second kappa shape index (κ2) is 7.42. The van der Waals surface area contributed by atoms with Crippen molar-refractivity contribution in [2.24, 2.45) is 5.73 Å². The van der Waals surface area contributed by atoms with Crippen molar-refractivity contribution in [1.29, 1.82) is 0 Å². The van der Waals surface area contributed by atoms with Gasteiger partial charge in [-0.2, -0.15) is 0 Å². The standard InChI is InChI=1S/C16H18FN3O3S2/c1-16(2,23)15(22)19-14-11(13(18)21)8-12(24-14)25-20(3)10-6-4-9(17)5-7-10/h4-8,23H,1-3H3,(H2,18,21)(H,19,22). The number of amides is 2. The summed E-state index contributed by atoms with van der Waals surface area (Å²) in [4.78, 5) is 23.5. The number of nitrogens with zero attached hydrogens (tertiary/aromatic N) is 1. The number of carbonyl (C=O) groups excluding carboxylic acids is 2. The highest BCUT2D eigenvalue weighted by Crippen LogP contribution is 2.38. The van der Waals surface area contributed by atoms with Gasteiger partial charge in [0.15, 0.2) is 0 Å². The smallest absolute Gasteiger partial charge is 0.256 e. The Kier molecular flexibility index (Phi) is 5.71. The minimum atomic E-state index is -1.59. The molecule has 9 heteroatoms. The molecule has 1 aromatic heterocycles. The van der Waals surface area contributed by atoms with Gasteiger partial charge in [0.05, 0.1) is 9.77 Å². The van der Waals surface area contributed by atoms with Crippen molar-refractivity contribution in [2.45, 2.75) is 23.7 Å². The van der Waals surface area contributed by atoms with Gasteiger partial charge in [-0.15, -0.1) is 11.3 Å². The maximum absolute atomic E-state index is 13.0. The largest absolute Gasteiger partial charge is 0.381 e. The normalized spacial score (nSPS) is 11.2. The maximum atomic E-state index is 13.0. The van der Waals surface area contributed by atoms with Crippen LogP contribution in [0.1, 0.15) is 24.2 Å². The monoisotopic (exact) mass is 383 g/mol. The molecule has 0 saturated heterocycles. The molecule has 0 aliphatic carbocycles. The number of nitrogens with one attached hydrogen (secondary N) is 1. The van der Waals surface area contributed by atoms with Crippen molar-refractivity contribution in [3.63, 3.8) is 0 Å². The summed E-state index contributed by atoms with van der Waals surface area (Å²) in [5, 5.41) is 12.5. The van der Waals surface area contributed by atoms with E-state index in [0.29, 0.717) is 4.21 Å². The van der Waals surface area contributed by atoms with Gasteiger partial charge in [-0.25, -0.2) is 4.39 Å². The first-order chi connectivity index (χ1) is 11.6. The highest BCUT2D eigenvalue weighted by atomic mass is 32.2. The molecular formula is C16H18FN3O3S2. The van der Waals surface area contributed by atoms with Crippen LogP contribution >= 0.6 is 23.3 Å². The van der Waals surface area contributed by atoms with E-state index in [2.05, 4.69) is 5.32 Å². The summed E-state index contributed by atoms with van der Waals surface area (Å²) in [6, 6.07) is 7.52. The second-order valence-electron chi connectivity index (χ2n) is 5.75. The predicted octanol–water partition coefficient (Wildman–Crippen LogP) is 2.84. The molecule has 2 rings (SSSR count). The van der Waals surface area contributed by atoms with E-state index >= 15 is 0 Å². The topological polar surface area (TPSA) is 95.7 Å². The van der Waals surface area contributed by atoms with E-state index in [1.54, 1.807) is 29.6 Å². The average molecular weight is 383 g/mol. The highest BCUT2D eigenvalue weighted by molar-refractivity contribution is 8.02. The first-order valence-electron chi connectivity index (χ1n) is 7.22. The summed E-state index contributed by atoms with van der Waals surface area (Å²) in [6.45, 7) is 2.69. The first kappa shape index (κ1) is 19.2. The van der Waals surface area contributed by atoms with Gasteiger partial charge in [-0.1, -0.05) is 0 Å². The van der Waals surface area contributed by atoms with Gasteiger partial charge < -0.3 is 20.5 Å². The van der Waals surface area contributed by atoms with E-state index in [-0.39, 0.29) is 16.4 Å². The third-order valence-electron chi connectivity index (χ3n) is 3.17. The molecule has 0 fully saturated rings. The van der Waals surface area contributed by atoms with E-state index in [9.17, 15) is 19.1 Å². The molecule has 0 aliphatic heterocycles. The Hall–Kier alpha value is -2.10. The summed E-state index contributed by atoms with van der Waals surface area (Å²) in [7, 11) is 1.79. The van der Waals surface area contributed by atoms with Crippen LogP contribution in [0.25, 0.3) is 0 Å². The van der Waals surface area contributed by atoms with Gasteiger partial charge >= 0.3 is 0 Å². The van der Waals surface area contributed by atoms with Gasteiger partial charge in [0.1, 0.15) is 16.4 Å². The van der Waals surface area contributed by atoms with Crippen LogP contribution in [0.5, 0.6) is 0 Å². The van der Waals surface area contributed by atoms with Crippen LogP contribution in [0.2, 0.25) is 0 Å². The molecule has 2 aromatic rings. The molecule has 1 heterocycles. The van der Waals surface area contributed by atoms with E-state index < -0.39 is 17.4 Å². The number of carbonyl (C=O) groups is 2. The lowest BCUT2D eigenvalue weighted by molar-refractivity contribution is -0.130. The van der Waals surface area contributed by atoms with Crippen molar-refractivity contribution in [2.75, 3.05) is 16.7 Å². The number of benzene rings is 1. The Morgan fingerprint density at radius 1 is 1.32 bits per heavy atom. The van der Waals surface area contributed by atoms with E-state index in [1.165, 1.54) is 37.9 Å². The zero-order chi connectivity index (χ0) is 18.8. The first-order valence-corrected chi connectivity index (χ1v) is 8.81. The van der Waals surface area contributed by atoms with Crippen LogP contribution in [-0.4, -0.2) is 29.6 Å². The van der Waals surface area contributed by atoms with E-state index in [1.807, 2.05) is 0 Å². The Bertz CT molecular complexity index is 785. The van der Waals surface area contributed by atoms with Crippen LogP contribution in [-0.2, 0) is 4.79 Å². The van der Waals surface area contributed by atoms with Gasteiger partial charge in [0.25, 0.3) is 11.8 Å². The molecule has 134 valence electrons. The lowest BCUT2D eigenvalue weighted by Gasteiger charge is -2.17. The summed E-state index contributed by atoms with van der Waals surface area (Å²) in [6.07, 6.45) is 0. The predicted molar refractivity (Wildman–Crippen MR) is 98.4 cm³/mol. The number of primary amides is 1. The van der Waals surface area contributed by atoms with Gasteiger partial charge in [-0.3, -0.25) is 9.59 Å². The van der Waals surface area contributed by atoms with Crippen LogP contribution in [0.3, 0.4) is 0 Å². The quantitative estimate of drug-likeness (QED) is 0.667. The zero-order valence-corrected chi connectivity index (χ0v) is 15.5. The summed E-state index contributed by atoms with van der Waals surface area (Å²) < 4.78 is 15.5. The Morgan fingerprint density at radius 3 is 2.44 bits per heavy atom. The second-order valence-corrected chi connectivity index (χ2v) is 8.23. The minimum Gasteiger partial charge on any atom is -0.381 e. The molecule has 0 unspecified atom stereocenters. The Balaban J connectivity index is 2.21. The summed E-state index contributed by atoms with van der Waals surface area (Å²) >= 11 is 2.46. The molecule has 1 aromatic carbocycles. The number of halogens is 1. The SMILES string of the molecule is CN(Sc1cc(C(N)=O)c(NC(=O)C(C)(C)O)s1)c1ccc(F)cc1. The van der Waals surface area contributed by atoms with Crippen molar-refractivity contribution in [3.05, 3.63) is 41.7 Å². The van der Waals surface area contributed by atoms with Gasteiger partial charge in [0, 0.05) is 12.7 Å². The lowest BCUT2D eigenvalue weighted by atomic mass is 10.1. The van der Waals surface area contributed by atoms with Crippen molar-refractivity contribution in [1.82, 2.24) is 0 Å². The van der Waals surface area contributed by atoms with Crippen LogP contribution < -0.4 is 15.4 Å². The highest BCUT2D eigenvalue weighted by Gasteiger charge is 2.26. The number of hydrogen-bond acceptors (Lipinski definition) is 6. The number of rotatable bonds is 6. The number of nitrogens with two attached hydrogens (primary N) is 1. The zero-order valence-electron chi connectivity index (χ0n) is 13.9. The Morgan fingerprint density at radius 2 is 1.92 bits per heavy atom. The van der Waals surface area contributed by atoms with Gasteiger partial charge in [-0.05, 0) is 56.1 Å². The fraction of sp³-hybridized carbons (Fsp3) is 0.250. The molecule has 25 heavy (non-hydrogen) atoms. The van der Waals surface area contributed by atoms with Crippen LogP contribution in [0.15, 0.2) is 34.5 Å². The minimum absolute atomic E-state index is 0.164. The number of aliphatic hydroxyl groups is 1. The average Bonchev–Trinajstić information content (AvgIpc) is 2.89. The fourth-order valence-electron chi connectivity index (χ4n) is 1.78. The summed E-state index contributed by atoms with van der Waals surface area (Å²) in [5.74, 6) is -1.65. The maximum Gasteiger partial charge on any atom is 0.256 e. The van der Waals surface area contributed by atoms with Crippen LogP contribution in [0, 0.1) is 5.82 Å². The molecule has 0 radical (unpaired) electrons. The molecule has 0 atom stereocenters. The summed E-state index contributed by atoms with van der Waals surface area (Å²) in [5.41, 5.74) is 4.71. The molecule has 6 nitrogen and oxygen atoms in total. The van der Waals surface area contributed by atoms with Crippen molar-refractivity contribution >= 4 is 45.8 Å². The molecule has 0 spiro atoms. The molecule has 0 aliphatic rings. The molecular weight excluding hydrogens is 365 g/mol. The van der Waals surface area contributed by atoms with Crippen molar-refractivity contribution in [3.8, 4) is 0 Å². The molecule has 2 amide bonds. The Labute approximate surface area is 153 Å². The number of thiophene rings is 1. The third kappa shape index (κ3) is 4.94. The van der Waals surface area contributed by atoms with E-state index in [4.69, 9.17) is 5.73 Å². The fourth-order valence-corrected chi connectivity index (χ4v) is 3.98. The molecule has 0 saturated carbocycles.